The first-order valence-electron chi connectivity index (χ1n) is 4.03. The van der Waals surface area contributed by atoms with Crippen molar-refractivity contribution >= 4 is 6.08 Å². The SMILES string of the molecule is CNCC=Cc1cc(F)ccc1O. The minimum absolute atomic E-state index is 0.0914. The molecule has 0 saturated carbocycles. The van der Waals surface area contributed by atoms with E-state index in [0.29, 0.717) is 12.1 Å². The standard InChI is InChI=1S/C10H12FNO/c1-12-6-2-3-8-7-9(11)4-5-10(8)13/h2-5,7,12-13H,6H2,1H3. The molecule has 13 heavy (non-hydrogen) atoms. The van der Waals surface area contributed by atoms with Gasteiger partial charge in [-0.15, -0.1) is 0 Å². The van der Waals surface area contributed by atoms with E-state index in [1.165, 1.54) is 18.2 Å². The molecule has 0 atom stereocenters. The number of rotatable bonds is 3. The van der Waals surface area contributed by atoms with Crippen LogP contribution in [0.5, 0.6) is 5.75 Å². The van der Waals surface area contributed by atoms with Gasteiger partial charge in [0.15, 0.2) is 0 Å². The summed E-state index contributed by atoms with van der Waals surface area (Å²) in [6.45, 7) is 0.690. The molecule has 0 aliphatic carbocycles. The first kappa shape index (κ1) is 9.74. The highest BCUT2D eigenvalue weighted by Gasteiger charge is 1.97. The van der Waals surface area contributed by atoms with E-state index < -0.39 is 0 Å². The largest absolute Gasteiger partial charge is 0.507 e. The molecule has 2 N–H and O–H groups in total. The van der Waals surface area contributed by atoms with E-state index in [1.54, 1.807) is 6.08 Å². The molecular formula is C10H12FNO. The van der Waals surface area contributed by atoms with Crippen LogP contribution in [0.2, 0.25) is 0 Å². The van der Waals surface area contributed by atoms with Gasteiger partial charge in [-0.2, -0.15) is 0 Å². The molecule has 1 aromatic rings. The summed E-state index contributed by atoms with van der Waals surface area (Å²) in [5.41, 5.74) is 0.496. The molecule has 0 aliphatic rings. The maximum atomic E-state index is 12.7. The molecular weight excluding hydrogens is 169 g/mol. The van der Waals surface area contributed by atoms with Crippen LogP contribution in [0, 0.1) is 5.82 Å². The second-order valence-corrected chi connectivity index (χ2v) is 2.66. The summed E-state index contributed by atoms with van der Waals surface area (Å²) >= 11 is 0. The van der Waals surface area contributed by atoms with Gasteiger partial charge < -0.3 is 10.4 Å². The topological polar surface area (TPSA) is 32.3 Å². The van der Waals surface area contributed by atoms with Gasteiger partial charge in [-0.3, -0.25) is 0 Å². The zero-order chi connectivity index (χ0) is 9.68. The second kappa shape index (κ2) is 4.62. The number of phenolic OH excluding ortho intramolecular Hbond substituents is 1. The number of phenols is 1. The van der Waals surface area contributed by atoms with Crippen molar-refractivity contribution in [1.82, 2.24) is 5.32 Å². The smallest absolute Gasteiger partial charge is 0.124 e. The Kier molecular flexibility index (Phi) is 3.46. The lowest BCUT2D eigenvalue weighted by Crippen LogP contribution is -2.03. The highest BCUT2D eigenvalue weighted by atomic mass is 19.1. The maximum Gasteiger partial charge on any atom is 0.124 e. The maximum absolute atomic E-state index is 12.7. The van der Waals surface area contributed by atoms with Crippen LogP contribution >= 0.6 is 0 Å². The minimum Gasteiger partial charge on any atom is -0.507 e. The summed E-state index contributed by atoms with van der Waals surface area (Å²) in [4.78, 5) is 0. The molecule has 0 radical (unpaired) electrons. The molecule has 0 saturated heterocycles. The van der Waals surface area contributed by atoms with Crippen LogP contribution in [0.3, 0.4) is 0 Å². The fraction of sp³-hybridized carbons (Fsp3) is 0.200. The fourth-order valence-electron chi connectivity index (χ4n) is 0.963. The average Bonchev–Trinajstić information content (AvgIpc) is 2.11. The van der Waals surface area contributed by atoms with Crippen molar-refractivity contribution in [3.63, 3.8) is 0 Å². The highest BCUT2D eigenvalue weighted by molar-refractivity contribution is 5.56. The van der Waals surface area contributed by atoms with Gasteiger partial charge in [-0.25, -0.2) is 4.39 Å². The molecule has 2 nitrogen and oxygen atoms in total. The van der Waals surface area contributed by atoms with Gasteiger partial charge in [-0.1, -0.05) is 12.2 Å². The Hall–Kier alpha value is -1.35. The Labute approximate surface area is 76.7 Å². The third-order valence-corrected chi connectivity index (χ3v) is 1.61. The van der Waals surface area contributed by atoms with Crippen molar-refractivity contribution in [3.05, 3.63) is 35.7 Å². The zero-order valence-electron chi connectivity index (χ0n) is 7.42. The van der Waals surface area contributed by atoms with Gasteiger partial charge in [0.25, 0.3) is 0 Å². The Morgan fingerprint density at radius 3 is 3.00 bits per heavy atom. The second-order valence-electron chi connectivity index (χ2n) is 2.66. The summed E-state index contributed by atoms with van der Waals surface area (Å²) in [7, 11) is 1.82. The van der Waals surface area contributed by atoms with Crippen molar-refractivity contribution in [2.45, 2.75) is 0 Å². The van der Waals surface area contributed by atoms with Gasteiger partial charge in [-0.05, 0) is 25.2 Å². The summed E-state index contributed by atoms with van der Waals surface area (Å²) in [6.07, 6.45) is 3.49. The molecule has 0 bridgehead atoms. The third kappa shape index (κ3) is 2.87. The fourth-order valence-corrected chi connectivity index (χ4v) is 0.963. The van der Waals surface area contributed by atoms with E-state index in [0.717, 1.165) is 0 Å². The predicted molar refractivity (Wildman–Crippen MR) is 51.0 cm³/mol. The van der Waals surface area contributed by atoms with Crippen LogP contribution in [0.15, 0.2) is 24.3 Å². The lowest BCUT2D eigenvalue weighted by atomic mass is 10.2. The normalized spacial score (nSPS) is 10.9. The van der Waals surface area contributed by atoms with Crippen LogP contribution in [-0.2, 0) is 0 Å². The number of likely N-dealkylation sites (N-methyl/N-ethyl adjacent to an activating group) is 1. The zero-order valence-corrected chi connectivity index (χ0v) is 7.42. The van der Waals surface area contributed by atoms with Gasteiger partial charge in [0.05, 0.1) is 0 Å². The molecule has 0 heterocycles. The first-order chi connectivity index (χ1) is 6.24. The van der Waals surface area contributed by atoms with E-state index in [1.807, 2.05) is 13.1 Å². The number of halogens is 1. The van der Waals surface area contributed by atoms with Crippen molar-refractivity contribution < 1.29 is 9.50 Å². The van der Waals surface area contributed by atoms with E-state index >= 15 is 0 Å². The number of aromatic hydroxyl groups is 1. The van der Waals surface area contributed by atoms with E-state index in [-0.39, 0.29) is 11.6 Å². The summed E-state index contributed by atoms with van der Waals surface area (Å²) in [5.74, 6) is -0.254. The van der Waals surface area contributed by atoms with Gasteiger partial charge >= 0.3 is 0 Å². The summed E-state index contributed by atoms with van der Waals surface area (Å²) in [5, 5.41) is 12.2. The highest BCUT2D eigenvalue weighted by Crippen LogP contribution is 2.18. The monoisotopic (exact) mass is 181 g/mol. The molecule has 3 heteroatoms. The van der Waals surface area contributed by atoms with Crippen molar-refractivity contribution in [2.24, 2.45) is 0 Å². The molecule has 0 amide bonds. The quantitative estimate of drug-likeness (QED) is 0.744. The number of benzene rings is 1. The van der Waals surface area contributed by atoms with Crippen LogP contribution in [0.1, 0.15) is 5.56 Å². The average molecular weight is 181 g/mol. The van der Waals surface area contributed by atoms with Crippen LogP contribution < -0.4 is 5.32 Å². The van der Waals surface area contributed by atoms with Crippen LogP contribution in [-0.4, -0.2) is 18.7 Å². The van der Waals surface area contributed by atoms with E-state index in [2.05, 4.69) is 5.32 Å². The minimum atomic E-state index is -0.345. The summed E-state index contributed by atoms with van der Waals surface area (Å²) < 4.78 is 12.7. The molecule has 0 aromatic heterocycles. The molecule has 1 rings (SSSR count). The van der Waals surface area contributed by atoms with Crippen molar-refractivity contribution in [2.75, 3.05) is 13.6 Å². The van der Waals surface area contributed by atoms with Crippen molar-refractivity contribution in [3.8, 4) is 5.75 Å². The molecule has 1 aromatic carbocycles. The van der Waals surface area contributed by atoms with Crippen molar-refractivity contribution in [1.29, 1.82) is 0 Å². The Balaban J connectivity index is 2.81. The Bertz CT molecular complexity index is 310. The first-order valence-corrected chi connectivity index (χ1v) is 4.03. The van der Waals surface area contributed by atoms with Crippen LogP contribution in [0.4, 0.5) is 4.39 Å². The number of nitrogens with one attached hydrogen (secondary N) is 1. The Morgan fingerprint density at radius 2 is 2.31 bits per heavy atom. The van der Waals surface area contributed by atoms with Gasteiger partial charge in [0.2, 0.25) is 0 Å². The Morgan fingerprint density at radius 1 is 1.54 bits per heavy atom. The molecule has 0 unspecified atom stereocenters. The van der Waals surface area contributed by atoms with Gasteiger partial charge in [0, 0.05) is 12.1 Å². The molecule has 0 fully saturated rings. The van der Waals surface area contributed by atoms with Crippen LogP contribution in [0.25, 0.3) is 6.08 Å². The molecule has 0 spiro atoms. The third-order valence-electron chi connectivity index (χ3n) is 1.61. The summed E-state index contributed by atoms with van der Waals surface area (Å²) in [6, 6.07) is 3.86. The number of hydrogen-bond donors (Lipinski definition) is 2. The number of hydrogen-bond acceptors (Lipinski definition) is 2. The lowest BCUT2D eigenvalue weighted by Gasteiger charge is -1.98. The van der Waals surface area contributed by atoms with Gasteiger partial charge in [0.1, 0.15) is 11.6 Å². The molecule has 0 aliphatic heterocycles. The molecule has 70 valence electrons. The van der Waals surface area contributed by atoms with E-state index in [4.69, 9.17) is 0 Å². The van der Waals surface area contributed by atoms with E-state index in [9.17, 15) is 9.50 Å². The lowest BCUT2D eigenvalue weighted by molar-refractivity contribution is 0.471. The predicted octanol–water partition coefficient (Wildman–Crippen LogP) is 1.76.